The van der Waals surface area contributed by atoms with Gasteiger partial charge in [0.25, 0.3) is 0 Å². The van der Waals surface area contributed by atoms with Gasteiger partial charge in [0.2, 0.25) is 0 Å². The lowest BCUT2D eigenvalue weighted by Crippen LogP contribution is -1.95. The molecule has 0 radical (unpaired) electrons. The zero-order chi connectivity index (χ0) is 34.8. The maximum atomic E-state index is 6.40. The SMILES string of the molecule is C=N/C(=N\C=C(/C)c1ccc2c3c4c5ccccc5n(-c5ccccc5)c4ccc3n(-c3ccc4c(c3)oc3ccccc34)c2c1)c1ccccc1. The Morgan fingerprint density at radius 2 is 1.13 bits per heavy atom. The lowest BCUT2D eigenvalue weighted by Gasteiger charge is -2.10. The summed E-state index contributed by atoms with van der Waals surface area (Å²) in [4.78, 5) is 8.97. The summed E-state index contributed by atoms with van der Waals surface area (Å²) in [6.45, 7) is 5.87. The van der Waals surface area contributed by atoms with Gasteiger partial charge in [0.15, 0.2) is 5.84 Å². The van der Waals surface area contributed by atoms with Gasteiger partial charge in [0.05, 0.1) is 22.1 Å². The summed E-state index contributed by atoms with van der Waals surface area (Å²) in [5.41, 5.74) is 11.5. The summed E-state index contributed by atoms with van der Waals surface area (Å²) in [7, 11) is 0. The summed E-state index contributed by atoms with van der Waals surface area (Å²) >= 11 is 0. The number of fused-ring (bicyclic) bond motifs is 10. The molecule has 7 aromatic carbocycles. The van der Waals surface area contributed by atoms with E-state index in [2.05, 4.69) is 143 Å². The monoisotopic (exact) mass is 668 g/mol. The summed E-state index contributed by atoms with van der Waals surface area (Å²) in [5.74, 6) is 0.589. The van der Waals surface area contributed by atoms with E-state index in [0.29, 0.717) is 5.84 Å². The van der Waals surface area contributed by atoms with Crippen molar-refractivity contribution in [3.8, 4) is 11.4 Å². The van der Waals surface area contributed by atoms with Gasteiger partial charge >= 0.3 is 0 Å². The highest BCUT2D eigenvalue weighted by atomic mass is 16.3. The molecule has 0 fully saturated rings. The number of aliphatic imine (C=N–C) groups is 2. The van der Waals surface area contributed by atoms with Crippen LogP contribution in [0.1, 0.15) is 18.1 Å². The van der Waals surface area contributed by atoms with Crippen LogP contribution in [0, 0.1) is 0 Å². The molecular formula is C47H32N4O. The quantitative estimate of drug-likeness (QED) is 0.133. The minimum absolute atomic E-state index is 0.589. The van der Waals surface area contributed by atoms with Gasteiger partial charge in [-0.05, 0) is 79.4 Å². The first-order chi connectivity index (χ1) is 25.7. The molecule has 3 aromatic heterocycles. The van der Waals surface area contributed by atoms with Crippen molar-refractivity contribution in [1.29, 1.82) is 0 Å². The topological polar surface area (TPSA) is 47.7 Å². The normalized spacial score (nSPS) is 12.6. The Bertz CT molecular complexity index is 3080. The molecule has 0 bridgehead atoms. The van der Waals surface area contributed by atoms with Crippen LogP contribution >= 0.6 is 0 Å². The number of hydrogen-bond donors (Lipinski definition) is 0. The molecule has 246 valence electrons. The van der Waals surface area contributed by atoms with Gasteiger partial charge in [-0.2, -0.15) is 0 Å². The zero-order valence-electron chi connectivity index (χ0n) is 28.5. The van der Waals surface area contributed by atoms with E-state index in [1.165, 1.54) is 32.6 Å². The van der Waals surface area contributed by atoms with Crippen LogP contribution in [-0.4, -0.2) is 21.7 Å². The second-order valence-corrected chi connectivity index (χ2v) is 13.2. The van der Waals surface area contributed by atoms with Gasteiger partial charge < -0.3 is 13.6 Å². The molecule has 0 aliphatic heterocycles. The number of nitrogens with zero attached hydrogens (tertiary/aromatic N) is 4. The van der Waals surface area contributed by atoms with E-state index >= 15 is 0 Å². The summed E-state index contributed by atoms with van der Waals surface area (Å²) < 4.78 is 11.2. The summed E-state index contributed by atoms with van der Waals surface area (Å²) in [6, 6.07) is 55.4. The molecule has 0 aliphatic carbocycles. The fourth-order valence-corrected chi connectivity index (χ4v) is 7.83. The molecule has 5 nitrogen and oxygen atoms in total. The third-order valence-electron chi connectivity index (χ3n) is 10.2. The van der Waals surface area contributed by atoms with Gasteiger partial charge in [0, 0.05) is 61.5 Å². The molecular weight excluding hydrogens is 637 g/mol. The van der Waals surface area contributed by atoms with Gasteiger partial charge in [-0.1, -0.05) is 97.1 Å². The number of allylic oxidation sites excluding steroid dienone is 1. The molecule has 0 saturated carbocycles. The number of hydrogen-bond acceptors (Lipinski definition) is 2. The average molecular weight is 669 g/mol. The Balaban J connectivity index is 1.26. The zero-order valence-corrected chi connectivity index (χ0v) is 28.5. The number of benzene rings is 7. The van der Waals surface area contributed by atoms with E-state index < -0.39 is 0 Å². The smallest absolute Gasteiger partial charge is 0.158 e. The predicted octanol–water partition coefficient (Wildman–Crippen LogP) is 12.3. The van der Waals surface area contributed by atoms with E-state index in [0.717, 1.165) is 61.0 Å². The van der Waals surface area contributed by atoms with Gasteiger partial charge in [-0.3, -0.25) is 0 Å². The van der Waals surface area contributed by atoms with Crippen molar-refractivity contribution < 1.29 is 4.42 Å². The molecule has 0 saturated heterocycles. The van der Waals surface area contributed by atoms with Gasteiger partial charge in [-0.15, -0.1) is 0 Å². The Hall–Kier alpha value is -6.98. The van der Waals surface area contributed by atoms with E-state index in [1.54, 1.807) is 0 Å². The van der Waals surface area contributed by atoms with Gasteiger partial charge in [0.1, 0.15) is 11.2 Å². The summed E-state index contributed by atoms with van der Waals surface area (Å²) in [5, 5.41) is 7.08. The Morgan fingerprint density at radius 1 is 0.519 bits per heavy atom. The number of rotatable bonds is 5. The molecule has 3 heterocycles. The predicted molar refractivity (Wildman–Crippen MR) is 219 cm³/mol. The highest BCUT2D eigenvalue weighted by molar-refractivity contribution is 6.29. The fraction of sp³-hybridized carbons (Fsp3) is 0.0213. The number of amidine groups is 1. The summed E-state index contributed by atoms with van der Waals surface area (Å²) in [6.07, 6.45) is 1.89. The van der Waals surface area contributed by atoms with Crippen molar-refractivity contribution in [1.82, 2.24) is 9.13 Å². The minimum atomic E-state index is 0.589. The number of para-hydroxylation sites is 3. The number of furan rings is 1. The first-order valence-corrected chi connectivity index (χ1v) is 17.4. The minimum Gasteiger partial charge on any atom is -0.456 e. The highest BCUT2D eigenvalue weighted by Crippen LogP contribution is 2.43. The lowest BCUT2D eigenvalue weighted by molar-refractivity contribution is 0.668. The molecule has 0 unspecified atom stereocenters. The molecule has 0 atom stereocenters. The Morgan fingerprint density at radius 3 is 1.90 bits per heavy atom. The van der Waals surface area contributed by atoms with Gasteiger partial charge in [-0.25, -0.2) is 9.98 Å². The van der Waals surface area contributed by atoms with Crippen molar-refractivity contribution in [3.05, 3.63) is 175 Å². The van der Waals surface area contributed by atoms with Crippen LogP contribution in [0.5, 0.6) is 0 Å². The van der Waals surface area contributed by atoms with Crippen molar-refractivity contribution >= 4 is 83.7 Å². The van der Waals surface area contributed by atoms with Crippen LogP contribution in [0.4, 0.5) is 0 Å². The van der Waals surface area contributed by atoms with Crippen molar-refractivity contribution in [2.45, 2.75) is 6.92 Å². The molecule has 0 aliphatic rings. The van der Waals surface area contributed by atoms with E-state index in [-0.39, 0.29) is 0 Å². The first-order valence-electron chi connectivity index (χ1n) is 17.4. The largest absolute Gasteiger partial charge is 0.456 e. The van der Waals surface area contributed by atoms with Crippen molar-refractivity contribution in [2.75, 3.05) is 0 Å². The molecule has 0 spiro atoms. The average Bonchev–Trinajstić information content (AvgIpc) is 3.85. The van der Waals surface area contributed by atoms with Crippen LogP contribution < -0.4 is 0 Å². The second kappa shape index (κ2) is 11.8. The van der Waals surface area contributed by atoms with Crippen molar-refractivity contribution in [2.24, 2.45) is 9.98 Å². The third-order valence-corrected chi connectivity index (χ3v) is 10.2. The van der Waals surface area contributed by atoms with E-state index in [1.807, 2.05) is 48.7 Å². The maximum absolute atomic E-state index is 6.40. The Labute approximate surface area is 299 Å². The Kier molecular flexibility index (Phi) is 6.80. The molecule has 52 heavy (non-hydrogen) atoms. The molecule has 0 amide bonds. The maximum Gasteiger partial charge on any atom is 0.158 e. The molecule has 0 N–H and O–H groups in total. The molecule has 5 heteroatoms. The standard InChI is InChI=1S/C47H32N4O/c1-30(29-49-47(48-2)31-13-5-3-6-14-31)32-21-23-38-42(27-32)51(34-22-24-36-35-17-10-12-20-43(35)52-44(36)28-34)41-26-25-40-45(46(38)41)37-18-9-11-19-39(37)50(40)33-15-7-4-8-16-33/h3-29H,2H2,1H3/b30-29+,49-47-. The fourth-order valence-electron chi connectivity index (χ4n) is 7.83. The van der Waals surface area contributed by atoms with Crippen LogP contribution in [0.25, 0.3) is 82.5 Å². The van der Waals surface area contributed by atoms with Crippen LogP contribution in [0.3, 0.4) is 0 Å². The third kappa shape index (κ3) is 4.56. The van der Waals surface area contributed by atoms with Crippen LogP contribution in [-0.2, 0) is 0 Å². The molecule has 10 aromatic rings. The first kappa shape index (κ1) is 29.9. The van der Waals surface area contributed by atoms with Crippen LogP contribution in [0.2, 0.25) is 0 Å². The highest BCUT2D eigenvalue weighted by Gasteiger charge is 2.21. The van der Waals surface area contributed by atoms with Crippen LogP contribution in [0.15, 0.2) is 178 Å². The molecule has 10 rings (SSSR count). The lowest BCUT2D eigenvalue weighted by atomic mass is 10.0. The van der Waals surface area contributed by atoms with Crippen molar-refractivity contribution in [3.63, 3.8) is 0 Å². The van der Waals surface area contributed by atoms with E-state index in [9.17, 15) is 0 Å². The number of aromatic nitrogens is 2. The van der Waals surface area contributed by atoms with E-state index in [4.69, 9.17) is 9.41 Å². The second-order valence-electron chi connectivity index (χ2n) is 13.2.